The predicted molar refractivity (Wildman–Crippen MR) is 91.0 cm³/mol. The van der Waals surface area contributed by atoms with Gasteiger partial charge in [0.2, 0.25) is 17.6 Å². The SMILES string of the molecule is Cc1ccc(-c2noc(CCC(=O)NCc3ccccc3F)n2)cc1F. The molecule has 26 heavy (non-hydrogen) atoms. The molecule has 7 heteroatoms. The van der Waals surface area contributed by atoms with Crippen molar-refractivity contribution in [1.82, 2.24) is 15.5 Å². The molecule has 0 aliphatic rings. The summed E-state index contributed by atoms with van der Waals surface area (Å²) in [5.74, 6) is -0.414. The van der Waals surface area contributed by atoms with E-state index in [1.807, 2.05) is 0 Å². The van der Waals surface area contributed by atoms with Crippen LogP contribution in [0.3, 0.4) is 0 Å². The van der Waals surface area contributed by atoms with Crippen LogP contribution in [0.5, 0.6) is 0 Å². The molecule has 0 spiro atoms. The third-order valence-corrected chi connectivity index (χ3v) is 3.90. The zero-order valence-electron chi connectivity index (χ0n) is 14.1. The lowest BCUT2D eigenvalue weighted by Crippen LogP contribution is -2.23. The van der Waals surface area contributed by atoms with Crippen LogP contribution in [0.15, 0.2) is 47.0 Å². The fraction of sp³-hybridized carbons (Fsp3) is 0.211. The number of amides is 1. The molecule has 1 amide bonds. The van der Waals surface area contributed by atoms with Gasteiger partial charge in [-0.15, -0.1) is 0 Å². The van der Waals surface area contributed by atoms with Crippen LogP contribution in [-0.2, 0) is 17.8 Å². The van der Waals surface area contributed by atoms with Gasteiger partial charge < -0.3 is 9.84 Å². The van der Waals surface area contributed by atoms with Gasteiger partial charge >= 0.3 is 0 Å². The highest BCUT2D eigenvalue weighted by molar-refractivity contribution is 5.76. The second kappa shape index (κ2) is 7.86. The van der Waals surface area contributed by atoms with Crippen molar-refractivity contribution in [2.24, 2.45) is 0 Å². The lowest BCUT2D eigenvalue weighted by Gasteiger charge is -2.05. The number of hydrogen-bond acceptors (Lipinski definition) is 4. The van der Waals surface area contributed by atoms with Crippen molar-refractivity contribution >= 4 is 5.91 Å². The van der Waals surface area contributed by atoms with E-state index in [9.17, 15) is 13.6 Å². The molecule has 0 bridgehead atoms. The number of rotatable bonds is 6. The smallest absolute Gasteiger partial charge is 0.227 e. The molecule has 3 aromatic rings. The summed E-state index contributed by atoms with van der Waals surface area (Å²) in [5, 5.41) is 6.45. The number of carbonyl (C=O) groups is 1. The summed E-state index contributed by atoms with van der Waals surface area (Å²) in [6.07, 6.45) is 0.364. The molecule has 0 fully saturated rings. The molecule has 0 atom stereocenters. The van der Waals surface area contributed by atoms with Crippen molar-refractivity contribution in [3.63, 3.8) is 0 Å². The number of nitrogens with one attached hydrogen (secondary N) is 1. The molecule has 0 saturated carbocycles. The summed E-state index contributed by atoms with van der Waals surface area (Å²) in [5.41, 5.74) is 1.46. The summed E-state index contributed by atoms with van der Waals surface area (Å²) in [6, 6.07) is 10.9. The number of aromatic nitrogens is 2. The minimum absolute atomic E-state index is 0.114. The van der Waals surface area contributed by atoms with E-state index < -0.39 is 0 Å². The normalized spacial score (nSPS) is 10.7. The maximum absolute atomic E-state index is 13.6. The summed E-state index contributed by atoms with van der Waals surface area (Å²) < 4.78 is 32.2. The summed E-state index contributed by atoms with van der Waals surface area (Å²) in [4.78, 5) is 16.1. The van der Waals surface area contributed by atoms with Gasteiger partial charge in [0, 0.05) is 30.5 Å². The Labute approximate surface area is 149 Å². The Hall–Kier alpha value is -3.09. The third-order valence-electron chi connectivity index (χ3n) is 3.90. The fourth-order valence-corrected chi connectivity index (χ4v) is 2.35. The molecule has 0 aliphatic heterocycles. The van der Waals surface area contributed by atoms with Crippen molar-refractivity contribution in [3.05, 3.63) is 71.1 Å². The van der Waals surface area contributed by atoms with Crippen LogP contribution in [0.4, 0.5) is 8.78 Å². The molecule has 134 valence electrons. The molecule has 0 saturated heterocycles. The first kappa shape index (κ1) is 17.7. The molecule has 1 N–H and O–H groups in total. The minimum atomic E-state index is -0.361. The minimum Gasteiger partial charge on any atom is -0.352 e. The number of nitrogens with zero attached hydrogens (tertiary/aromatic N) is 2. The van der Waals surface area contributed by atoms with E-state index in [1.54, 1.807) is 37.3 Å². The van der Waals surface area contributed by atoms with Gasteiger partial charge in [0.25, 0.3) is 0 Å². The number of benzene rings is 2. The average molecular weight is 357 g/mol. The fourth-order valence-electron chi connectivity index (χ4n) is 2.35. The molecule has 1 heterocycles. The van der Waals surface area contributed by atoms with Crippen molar-refractivity contribution in [1.29, 1.82) is 0 Å². The van der Waals surface area contributed by atoms with Crippen molar-refractivity contribution in [3.8, 4) is 11.4 Å². The Kier molecular flexibility index (Phi) is 5.36. The molecule has 0 aliphatic carbocycles. The maximum Gasteiger partial charge on any atom is 0.227 e. The quantitative estimate of drug-likeness (QED) is 0.732. The average Bonchev–Trinajstić information content (AvgIpc) is 3.10. The van der Waals surface area contributed by atoms with Crippen molar-refractivity contribution < 1.29 is 18.1 Å². The van der Waals surface area contributed by atoms with Gasteiger partial charge in [-0.3, -0.25) is 4.79 Å². The predicted octanol–water partition coefficient (Wildman–Crippen LogP) is 3.57. The number of hydrogen-bond donors (Lipinski definition) is 1. The lowest BCUT2D eigenvalue weighted by atomic mass is 10.1. The standard InChI is InChI=1S/C19H17F2N3O2/c1-12-6-7-13(10-16(12)21)19-23-18(26-24-19)9-8-17(25)22-11-14-4-2-3-5-15(14)20/h2-7,10H,8-9,11H2,1H3,(H,22,25). The highest BCUT2D eigenvalue weighted by atomic mass is 19.1. The van der Waals surface area contributed by atoms with Crippen LogP contribution < -0.4 is 5.32 Å². The Morgan fingerprint density at radius 3 is 2.73 bits per heavy atom. The van der Waals surface area contributed by atoms with E-state index in [0.717, 1.165) is 0 Å². The van der Waals surface area contributed by atoms with Crippen LogP contribution in [-0.4, -0.2) is 16.0 Å². The van der Waals surface area contributed by atoms with Gasteiger partial charge in [-0.25, -0.2) is 8.78 Å². The van der Waals surface area contributed by atoms with Gasteiger partial charge in [0.05, 0.1) is 0 Å². The lowest BCUT2D eigenvalue weighted by molar-refractivity contribution is -0.121. The molecule has 2 aromatic carbocycles. The second-order valence-corrected chi connectivity index (χ2v) is 5.84. The van der Waals surface area contributed by atoms with Gasteiger partial charge in [-0.05, 0) is 24.6 Å². The zero-order chi connectivity index (χ0) is 18.5. The largest absolute Gasteiger partial charge is 0.352 e. The Morgan fingerprint density at radius 1 is 1.15 bits per heavy atom. The van der Waals surface area contributed by atoms with Crippen LogP contribution >= 0.6 is 0 Å². The third kappa shape index (κ3) is 4.30. The number of halogens is 2. The summed E-state index contributed by atoms with van der Waals surface area (Å²) >= 11 is 0. The van der Waals surface area contributed by atoms with Gasteiger partial charge in [0.1, 0.15) is 11.6 Å². The Balaban J connectivity index is 1.53. The van der Waals surface area contributed by atoms with Crippen molar-refractivity contribution in [2.45, 2.75) is 26.3 Å². The number of carbonyl (C=O) groups excluding carboxylic acids is 1. The topological polar surface area (TPSA) is 68.0 Å². The number of aryl methyl sites for hydroxylation is 2. The van der Waals surface area contributed by atoms with E-state index in [-0.39, 0.29) is 48.6 Å². The molecule has 5 nitrogen and oxygen atoms in total. The van der Waals surface area contributed by atoms with E-state index in [4.69, 9.17) is 4.52 Å². The van der Waals surface area contributed by atoms with Crippen LogP contribution in [0, 0.1) is 18.6 Å². The van der Waals surface area contributed by atoms with Gasteiger partial charge in [-0.2, -0.15) is 4.98 Å². The second-order valence-electron chi connectivity index (χ2n) is 5.84. The van der Waals surface area contributed by atoms with Crippen molar-refractivity contribution in [2.75, 3.05) is 0 Å². The highest BCUT2D eigenvalue weighted by Gasteiger charge is 2.12. The monoisotopic (exact) mass is 357 g/mol. The first-order valence-electron chi connectivity index (χ1n) is 8.12. The molecule has 0 radical (unpaired) electrons. The Morgan fingerprint density at radius 2 is 1.96 bits per heavy atom. The zero-order valence-corrected chi connectivity index (χ0v) is 14.1. The van der Waals surface area contributed by atoms with E-state index in [2.05, 4.69) is 15.5 Å². The molecule has 1 aromatic heterocycles. The molecular weight excluding hydrogens is 340 g/mol. The highest BCUT2D eigenvalue weighted by Crippen LogP contribution is 2.19. The van der Waals surface area contributed by atoms with Gasteiger partial charge in [-0.1, -0.05) is 35.5 Å². The van der Waals surface area contributed by atoms with E-state index >= 15 is 0 Å². The van der Waals surface area contributed by atoms with E-state index in [1.165, 1.54) is 12.1 Å². The summed E-state index contributed by atoms with van der Waals surface area (Å²) in [7, 11) is 0. The van der Waals surface area contributed by atoms with Crippen LogP contribution in [0.25, 0.3) is 11.4 Å². The first-order valence-corrected chi connectivity index (χ1v) is 8.12. The van der Waals surface area contributed by atoms with Crippen LogP contribution in [0.2, 0.25) is 0 Å². The maximum atomic E-state index is 13.6. The Bertz CT molecular complexity index is 925. The molecular formula is C19H17F2N3O2. The molecule has 3 rings (SSSR count). The first-order chi connectivity index (χ1) is 12.5. The van der Waals surface area contributed by atoms with E-state index in [0.29, 0.717) is 16.7 Å². The van der Waals surface area contributed by atoms with Crippen LogP contribution in [0.1, 0.15) is 23.4 Å². The summed E-state index contributed by atoms with van der Waals surface area (Å²) in [6.45, 7) is 1.78. The molecule has 0 unspecified atom stereocenters. The van der Waals surface area contributed by atoms with Gasteiger partial charge in [0.15, 0.2) is 0 Å².